The van der Waals surface area contributed by atoms with Gasteiger partial charge in [-0.05, 0) is 48.9 Å². The van der Waals surface area contributed by atoms with Crippen LogP contribution in [0.15, 0.2) is 60.9 Å². The Kier molecular flexibility index (Phi) is 4.42. The lowest BCUT2D eigenvalue weighted by atomic mass is 9.90. The van der Waals surface area contributed by atoms with Gasteiger partial charge in [0.25, 0.3) is 5.91 Å². The van der Waals surface area contributed by atoms with Crippen molar-refractivity contribution in [3.63, 3.8) is 0 Å². The van der Waals surface area contributed by atoms with Crippen LogP contribution in [0.25, 0.3) is 10.9 Å². The largest absolute Gasteiger partial charge is 0.337 e. The molecule has 3 heterocycles. The first kappa shape index (κ1) is 15.8. The van der Waals surface area contributed by atoms with E-state index in [1.54, 1.807) is 12.3 Å². The van der Waals surface area contributed by atoms with E-state index in [4.69, 9.17) is 0 Å². The number of fused-ring (bicyclic) bond motifs is 1. The second-order valence-electron chi connectivity index (χ2n) is 6.67. The van der Waals surface area contributed by atoms with Gasteiger partial charge in [-0.3, -0.25) is 14.8 Å². The summed E-state index contributed by atoms with van der Waals surface area (Å²) in [6.45, 7) is 1.61. The number of pyridine rings is 2. The number of hydrogen-bond donors (Lipinski definition) is 0. The zero-order valence-corrected chi connectivity index (χ0v) is 14.1. The molecule has 0 aliphatic carbocycles. The summed E-state index contributed by atoms with van der Waals surface area (Å²) in [4.78, 5) is 23.4. The second-order valence-corrected chi connectivity index (χ2v) is 6.67. The number of benzene rings is 1. The lowest BCUT2D eigenvalue weighted by Gasteiger charge is -2.32. The SMILES string of the molecule is O=C(c1ccccn1)N1CCCC(Cc2cccc3cccnc23)C1. The number of carbonyl (C=O) groups is 1. The molecule has 0 N–H and O–H groups in total. The average molecular weight is 331 g/mol. The van der Waals surface area contributed by atoms with Crippen molar-refractivity contribution in [1.29, 1.82) is 0 Å². The molecule has 4 nitrogen and oxygen atoms in total. The molecule has 1 unspecified atom stereocenters. The highest BCUT2D eigenvalue weighted by atomic mass is 16.2. The Balaban J connectivity index is 1.51. The van der Waals surface area contributed by atoms with Crippen molar-refractivity contribution in [1.82, 2.24) is 14.9 Å². The second kappa shape index (κ2) is 7.01. The fraction of sp³-hybridized carbons (Fsp3) is 0.286. The van der Waals surface area contributed by atoms with Crippen LogP contribution in [0.2, 0.25) is 0 Å². The Bertz CT molecular complexity index is 873. The first-order chi connectivity index (χ1) is 12.3. The Morgan fingerprint density at radius 2 is 1.92 bits per heavy atom. The highest BCUT2D eigenvalue weighted by Gasteiger charge is 2.25. The minimum atomic E-state index is 0.0429. The number of rotatable bonds is 3. The van der Waals surface area contributed by atoms with Crippen molar-refractivity contribution in [2.45, 2.75) is 19.3 Å². The first-order valence-electron chi connectivity index (χ1n) is 8.84. The standard InChI is InChI=1S/C21H21N3O/c25-21(19-10-1-2-11-22-19)24-13-5-6-16(15-24)14-18-8-3-7-17-9-4-12-23-20(17)18/h1-4,7-12,16H,5-6,13-15H2. The third-order valence-electron chi connectivity index (χ3n) is 4.92. The van der Waals surface area contributed by atoms with Crippen LogP contribution < -0.4 is 0 Å². The quantitative estimate of drug-likeness (QED) is 0.735. The predicted octanol–water partition coefficient (Wildman–Crippen LogP) is 3.72. The lowest BCUT2D eigenvalue weighted by Crippen LogP contribution is -2.40. The summed E-state index contributed by atoms with van der Waals surface area (Å²) in [5, 5.41) is 1.18. The maximum Gasteiger partial charge on any atom is 0.272 e. The monoisotopic (exact) mass is 331 g/mol. The van der Waals surface area contributed by atoms with Gasteiger partial charge in [0, 0.05) is 30.9 Å². The molecule has 1 aliphatic rings. The van der Waals surface area contributed by atoms with E-state index in [0.29, 0.717) is 11.6 Å². The third kappa shape index (κ3) is 3.38. The minimum absolute atomic E-state index is 0.0429. The van der Waals surface area contributed by atoms with Gasteiger partial charge < -0.3 is 4.90 Å². The molecule has 0 radical (unpaired) electrons. The number of aromatic nitrogens is 2. The molecule has 1 aromatic carbocycles. The number of hydrogen-bond acceptors (Lipinski definition) is 3. The zero-order chi connectivity index (χ0) is 17.1. The van der Waals surface area contributed by atoms with Crippen molar-refractivity contribution in [3.8, 4) is 0 Å². The molecule has 1 fully saturated rings. The number of para-hydroxylation sites is 1. The fourth-order valence-corrected chi connectivity index (χ4v) is 3.71. The van der Waals surface area contributed by atoms with Gasteiger partial charge in [0.1, 0.15) is 5.69 Å². The van der Waals surface area contributed by atoms with Gasteiger partial charge in [0.15, 0.2) is 0 Å². The highest BCUT2D eigenvalue weighted by molar-refractivity contribution is 5.92. The molecular formula is C21H21N3O. The van der Waals surface area contributed by atoms with Gasteiger partial charge in [-0.15, -0.1) is 0 Å². The van der Waals surface area contributed by atoms with Crippen molar-refractivity contribution >= 4 is 16.8 Å². The maximum atomic E-state index is 12.7. The van der Waals surface area contributed by atoms with E-state index in [1.807, 2.05) is 29.3 Å². The fourth-order valence-electron chi connectivity index (χ4n) is 3.71. The highest BCUT2D eigenvalue weighted by Crippen LogP contribution is 2.25. The van der Waals surface area contributed by atoms with E-state index in [2.05, 4.69) is 34.2 Å². The average Bonchev–Trinajstić information content (AvgIpc) is 2.69. The van der Waals surface area contributed by atoms with Crippen LogP contribution in [0, 0.1) is 5.92 Å². The molecule has 2 aromatic heterocycles. The molecule has 4 rings (SSSR count). The maximum absolute atomic E-state index is 12.7. The molecule has 4 heteroatoms. The van der Waals surface area contributed by atoms with Crippen LogP contribution in [-0.2, 0) is 6.42 Å². The van der Waals surface area contributed by atoms with Gasteiger partial charge in [-0.25, -0.2) is 0 Å². The Morgan fingerprint density at radius 3 is 2.80 bits per heavy atom. The Hall–Kier alpha value is -2.75. The zero-order valence-electron chi connectivity index (χ0n) is 14.1. The number of carbonyl (C=O) groups excluding carboxylic acids is 1. The molecule has 25 heavy (non-hydrogen) atoms. The van der Waals surface area contributed by atoms with E-state index in [1.165, 1.54) is 10.9 Å². The van der Waals surface area contributed by atoms with Gasteiger partial charge >= 0.3 is 0 Å². The molecule has 1 saturated heterocycles. The van der Waals surface area contributed by atoms with E-state index in [9.17, 15) is 4.79 Å². The minimum Gasteiger partial charge on any atom is -0.337 e. The molecule has 1 amide bonds. The van der Waals surface area contributed by atoms with Gasteiger partial charge in [0.05, 0.1) is 5.52 Å². The molecule has 126 valence electrons. The van der Waals surface area contributed by atoms with Gasteiger partial charge in [-0.2, -0.15) is 0 Å². The molecule has 1 aliphatic heterocycles. The summed E-state index contributed by atoms with van der Waals surface area (Å²) >= 11 is 0. The first-order valence-corrected chi connectivity index (χ1v) is 8.84. The van der Waals surface area contributed by atoms with E-state index in [-0.39, 0.29) is 5.91 Å². The normalized spacial score (nSPS) is 17.6. The van der Waals surface area contributed by atoms with E-state index < -0.39 is 0 Å². The number of likely N-dealkylation sites (tertiary alicyclic amines) is 1. The smallest absolute Gasteiger partial charge is 0.272 e. The van der Waals surface area contributed by atoms with Crippen molar-refractivity contribution in [2.75, 3.05) is 13.1 Å². The van der Waals surface area contributed by atoms with Crippen LogP contribution >= 0.6 is 0 Å². The van der Waals surface area contributed by atoms with E-state index in [0.717, 1.165) is 37.9 Å². The number of nitrogens with zero attached hydrogens (tertiary/aromatic N) is 3. The van der Waals surface area contributed by atoms with Crippen LogP contribution in [0.1, 0.15) is 28.9 Å². The van der Waals surface area contributed by atoms with Gasteiger partial charge in [-0.1, -0.05) is 30.3 Å². The Labute approximate surface area is 147 Å². The van der Waals surface area contributed by atoms with Gasteiger partial charge in [0.2, 0.25) is 0 Å². The predicted molar refractivity (Wildman–Crippen MR) is 98.3 cm³/mol. The lowest BCUT2D eigenvalue weighted by molar-refractivity contribution is 0.0667. The van der Waals surface area contributed by atoms with Crippen molar-refractivity contribution < 1.29 is 4.79 Å². The van der Waals surface area contributed by atoms with Crippen LogP contribution in [0.4, 0.5) is 0 Å². The van der Waals surface area contributed by atoms with Crippen molar-refractivity contribution in [3.05, 3.63) is 72.2 Å². The Morgan fingerprint density at radius 1 is 1.04 bits per heavy atom. The summed E-state index contributed by atoms with van der Waals surface area (Å²) in [6.07, 6.45) is 6.68. The summed E-state index contributed by atoms with van der Waals surface area (Å²) in [6, 6.07) is 15.9. The molecular weight excluding hydrogens is 310 g/mol. The summed E-state index contributed by atoms with van der Waals surface area (Å²) in [7, 11) is 0. The van der Waals surface area contributed by atoms with Crippen LogP contribution in [0.3, 0.4) is 0 Å². The topological polar surface area (TPSA) is 46.1 Å². The van der Waals surface area contributed by atoms with Crippen LogP contribution in [0.5, 0.6) is 0 Å². The summed E-state index contributed by atoms with van der Waals surface area (Å²) < 4.78 is 0. The molecule has 0 bridgehead atoms. The molecule has 1 atom stereocenters. The number of piperidine rings is 1. The molecule has 0 saturated carbocycles. The van der Waals surface area contributed by atoms with E-state index >= 15 is 0 Å². The van der Waals surface area contributed by atoms with Crippen LogP contribution in [-0.4, -0.2) is 33.9 Å². The summed E-state index contributed by atoms with van der Waals surface area (Å²) in [5.41, 5.74) is 2.89. The molecule has 3 aromatic rings. The molecule has 0 spiro atoms. The van der Waals surface area contributed by atoms with Crippen molar-refractivity contribution in [2.24, 2.45) is 5.92 Å². The summed E-state index contributed by atoms with van der Waals surface area (Å²) in [5.74, 6) is 0.510. The number of amides is 1. The third-order valence-corrected chi connectivity index (χ3v) is 4.92.